The number of esters is 2. The SMILES string of the molecule is O=C(Oc1cc(COCOC(CS(=O)(=O)O)(C(F)(F)F)C(F)(F)F)ccc1I)C1C2CC3OC(=O)C1C3C2. The van der Waals surface area contributed by atoms with E-state index in [0.717, 1.165) is 0 Å². The maximum absolute atomic E-state index is 13.3. The molecule has 5 unspecified atom stereocenters. The van der Waals surface area contributed by atoms with Gasteiger partial charge in [-0.05, 0) is 59.0 Å². The summed E-state index contributed by atoms with van der Waals surface area (Å²) in [6.07, 6.45) is -11.5. The summed E-state index contributed by atoms with van der Waals surface area (Å²) in [7, 11) is -5.78. The van der Waals surface area contributed by atoms with Gasteiger partial charge in [-0.3, -0.25) is 14.1 Å². The number of hydrogen-bond donors (Lipinski definition) is 1. The Morgan fingerprint density at radius 2 is 1.79 bits per heavy atom. The van der Waals surface area contributed by atoms with Crippen molar-refractivity contribution in [3.63, 3.8) is 0 Å². The fourth-order valence-corrected chi connectivity index (χ4v) is 6.68. The van der Waals surface area contributed by atoms with Crippen LogP contribution >= 0.6 is 22.6 Å². The molecule has 0 spiro atoms. The minimum absolute atomic E-state index is 0.0367. The van der Waals surface area contributed by atoms with Crippen molar-refractivity contribution in [3.05, 3.63) is 27.3 Å². The van der Waals surface area contributed by atoms with Gasteiger partial charge < -0.3 is 18.9 Å². The first-order chi connectivity index (χ1) is 17.4. The Balaban J connectivity index is 1.41. The molecule has 0 aromatic heterocycles. The Morgan fingerprint density at radius 3 is 2.39 bits per heavy atom. The minimum Gasteiger partial charge on any atom is -0.462 e. The van der Waals surface area contributed by atoms with Gasteiger partial charge in [-0.15, -0.1) is 0 Å². The van der Waals surface area contributed by atoms with Gasteiger partial charge in [0.15, 0.2) is 0 Å². The number of benzene rings is 1. The highest BCUT2D eigenvalue weighted by Crippen LogP contribution is 2.58. The Morgan fingerprint density at radius 1 is 1.13 bits per heavy atom. The Kier molecular flexibility index (Phi) is 7.74. The molecule has 1 aliphatic heterocycles. The molecule has 1 saturated heterocycles. The van der Waals surface area contributed by atoms with E-state index in [1.165, 1.54) is 18.2 Å². The molecule has 38 heavy (non-hydrogen) atoms. The van der Waals surface area contributed by atoms with Crippen molar-refractivity contribution in [2.75, 3.05) is 12.5 Å². The third-order valence-corrected chi connectivity index (χ3v) is 8.58. The van der Waals surface area contributed by atoms with Gasteiger partial charge in [-0.1, -0.05) is 6.07 Å². The molecule has 0 amide bonds. The van der Waals surface area contributed by atoms with E-state index in [1.807, 2.05) is 22.6 Å². The number of halogens is 7. The summed E-state index contributed by atoms with van der Waals surface area (Å²) in [5.41, 5.74) is -5.06. The lowest BCUT2D eigenvalue weighted by Gasteiger charge is -2.35. The summed E-state index contributed by atoms with van der Waals surface area (Å²) < 4.78 is 130. The monoisotopic (exact) mass is 688 g/mol. The fourth-order valence-electron chi connectivity index (χ4n) is 5.31. The first kappa shape index (κ1) is 29.3. The zero-order chi connectivity index (χ0) is 28.3. The second-order valence-corrected chi connectivity index (χ2v) is 11.9. The Labute approximate surface area is 225 Å². The molecule has 1 N–H and O–H groups in total. The number of hydrogen-bond acceptors (Lipinski definition) is 8. The zero-order valence-electron chi connectivity index (χ0n) is 18.9. The van der Waals surface area contributed by atoms with E-state index >= 15 is 0 Å². The van der Waals surface area contributed by atoms with Crippen LogP contribution in [0, 0.1) is 27.2 Å². The van der Waals surface area contributed by atoms with Crippen LogP contribution in [0.1, 0.15) is 18.4 Å². The van der Waals surface area contributed by atoms with Gasteiger partial charge in [0, 0.05) is 5.92 Å². The Bertz CT molecular complexity index is 1200. The zero-order valence-corrected chi connectivity index (χ0v) is 21.9. The smallest absolute Gasteiger partial charge is 0.427 e. The average molecular weight is 688 g/mol. The molecule has 2 bridgehead atoms. The highest BCUT2D eigenvalue weighted by Gasteiger charge is 2.74. The second kappa shape index (κ2) is 10.0. The van der Waals surface area contributed by atoms with E-state index in [4.69, 9.17) is 18.8 Å². The minimum atomic E-state index is -6.26. The summed E-state index contributed by atoms with van der Waals surface area (Å²) in [4.78, 5) is 25.1. The Hall–Kier alpha value is -1.70. The van der Waals surface area contributed by atoms with Crippen LogP contribution in [0.4, 0.5) is 26.3 Å². The summed E-state index contributed by atoms with van der Waals surface area (Å²) in [5.74, 6) is -5.25. The molecule has 17 heteroatoms. The molecular weight excluding hydrogens is 669 g/mol. The van der Waals surface area contributed by atoms with Gasteiger partial charge in [0.05, 0.1) is 22.0 Å². The molecule has 3 aliphatic rings. The fraction of sp³-hybridized carbons (Fsp3) is 0.619. The van der Waals surface area contributed by atoms with Crippen LogP contribution < -0.4 is 4.74 Å². The van der Waals surface area contributed by atoms with E-state index in [1.54, 1.807) is 0 Å². The van der Waals surface area contributed by atoms with Crippen molar-refractivity contribution in [3.8, 4) is 5.75 Å². The van der Waals surface area contributed by atoms with Gasteiger partial charge in [0.2, 0.25) is 0 Å². The van der Waals surface area contributed by atoms with Crippen molar-refractivity contribution in [1.82, 2.24) is 0 Å². The molecule has 5 atom stereocenters. The summed E-state index contributed by atoms with van der Waals surface area (Å²) in [5, 5.41) is 0. The standard InChI is InChI=1S/C21H19F6IO9S/c22-20(23,24)19(21(25,26)27,7-38(31,32)33)35-8-34-6-9-1-2-12(28)14(3-9)37-17(29)15-10-4-11-13(5-10)36-18(30)16(11)15/h1-3,10-11,13,15-16H,4-8H2,(H,31,32,33). The largest absolute Gasteiger partial charge is 0.462 e. The van der Waals surface area contributed by atoms with Crippen LogP contribution in [0.3, 0.4) is 0 Å². The second-order valence-electron chi connectivity index (χ2n) is 9.27. The molecule has 1 heterocycles. The third-order valence-electron chi connectivity index (χ3n) is 6.92. The van der Waals surface area contributed by atoms with Crippen molar-refractivity contribution < 1.29 is 67.8 Å². The third kappa shape index (κ3) is 5.48. The lowest BCUT2D eigenvalue weighted by molar-refractivity contribution is -0.385. The maximum Gasteiger partial charge on any atom is 0.427 e. The molecule has 212 valence electrons. The lowest BCUT2D eigenvalue weighted by Crippen LogP contribution is -2.62. The highest BCUT2D eigenvalue weighted by atomic mass is 127. The predicted octanol–water partition coefficient (Wildman–Crippen LogP) is 3.64. The molecule has 1 aromatic rings. The van der Waals surface area contributed by atoms with Gasteiger partial charge in [-0.2, -0.15) is 34.8 Å². The first-order valence-electron chi connectivity index (χ1n) is 10.9. The molecule has 2 saturated carbocycles. The molecule has 2 aliphatic carbocycles. The van der Waals surface area contributed by atoms with Crippen LogP contribution in [0.15, 0.2) is 18.2 Å². The maximum atomic E-state index is 13.3. The van der Waals surface area contributed by atoms with Crippen LogP contribution in [0.25, 0.3) is 0 Å². The average Bonchev–Trinajstić information content (AvgIpc) is 3.38. The molecule has 9 nitrogen and oxygen atoms in total. The van der Waals surface area contributed by atoms with Crippen molar-refractivity contribution in [2.45, 2.75) is 43.5 Å². The van der Waals surface area contributed by atoms with E-state index < -0.39 is 71.0 Å². The van der Waals surface area contributed by atoms with Crippen molar-refractivity contribution in [2.24, 2.45) is 23.7 Å². The van der Waals surface area contributed by atoms with Gasteiger partial charge >= 0.3 is 24.3 Å². The molecule has 1 aromatic carbocycles. The van der Waals surface area contributed by atoms with E-state index in [2.05, 4.69) is 4.74 Å². The number of ether oxygens (including phenoxy) is 4. The normalized spacial score (nSPS) is 27.1. The number of carbonyl (C=O) groups excluding carboxylic acids is 2. The quantitative estimate of drug-likeness (QED) is 0.0788. The van der Waals surface area contributed by atoms with Gasteiger partial charge in [0.25, 0.3) is 15.7 Å². The van der Waals surface area contributed by atoms with Crippen LogP contribution in [-0.4, -0.2) is 61.5 Å². The summed E-state index contributed by atoms with van der Waals surface area (Å²) in [6.45, 7) is -2.25. The van der Waals surface area contributed by atoms with Gasteiger partial charge in [-0.25, -0.2) is 0 Å². The van der Waals surface area contributed by atoms with Gasteiger partial charge in [0.1, 0.15) is 24.4 Å². The topological polar surface area (TPSA) is 125 Å². The predicted molar refractivity (Wildman–Crippen MR) is 120 cm³/mol. The highest BCUT2D eigenvalue weighted by molar-refractivity contribution is 14.1. The van der Waals surface area contributed by atoms with Crippen molar-refractivity contribution in [1.29, 1.82) is 0 Å². The molecule has 3 fully saturated rings. The number of rotatable bonds is 9. The lowest BCUT2D eigenvalue weighted by atomic mass is 9.80. The van der Waals surface area contributed by atoms with Crippen LogP contribution in [0.2, 0.25) is 0 Å². The van der Waals surface area contributed by atoms with Crippen LogP contribution in [0.5, 0.6) is 5.75 Å². The van der Waals surface area contributed by atoms with Crippen LogP contribution in [-0.2, 0) is 40.5 Å². The number of carbonyl (C=O) groups is 2. The first-order valence-corrected chi connectivity index (χ1v) is 13.6. The summed E-state index contributed by atoms with van der Waals surface area (Å²) in [6, 6.07) is 4.13. The van der Waals surface area contributed by atoms with E-state index in [9.17, 15) is 44.3 Å². The molecule has 0 radical (unpaired) electrons. The van der Waals surface area contributed by atoms with E-state index in [0.29, 0.717) is 16.4 Å². The molecule has 4 rings (SSSR count). The van der Waals surface area contributed by atoms with E-state index in [-0.39, 0.29) is 29.3 Å². The molecular formula is C21H19F6IO9S. The summed E-state index contributed by atoms with van der Waals surface area (Å²) >= 11 is 1.84. The number of fused-ring (bicyclic) bond motifs is 1. The van der Waals surface area contributed by atoms with Crippen molar-refractivity contribution >= 4 is 44.6 Å². The number of alkyl halides is 6.